The van der Waals surface area contributed by atoms with Crippen molar-refractivity contribution in [2.45, 2.75) is 38.9 Å². The van der Waals surface area contributed by atoms with E-state index < -0.39 is 6.29 Å². The lowest BCUT2D eigenvalue weighted by Gasteiger charge is -2.29. The van der Waals surface area contributed by atoms with E-state index in [4.69, 9.17) is 4.74 Å². The molecule has 1 N–H and O–H groups in total. The van der Waals surface area contributed by atoms with Gasteiger partial charge < -0.3 is 9.84 Å². The Morgan fingerprint density at radius 1 is 1.46 bits per heavy atom. The summed E-state index contributed by atoms with van der Waals surface area (Å²) in [5, 5.41) is 9.76. The van der Waals surface area contributed by atoms with Gasteiger partial charge in [0.05, 0.1) is 5.41 Å². The van der Waals surface area contributed by atoms with Crippen LogP contribution in [-0.4, -0.2) is 17.4 Å². The van der Waals surface area contributed by atoms with Crippen LogP contribution in [0.25, 0.3) is 0 Å². The summed E-state index contributed by atoms with van der Waals surface area (Å²) in [7, 11) is 0. The Morgan fingerprint density at radius 2 is 2.08 bits per heavy atom. The predicted molar refractivity (Wildman–Crippen MR) is 44.6 cm³/mol. The molecule has 13 heavy (non-hydrogen) atoms. The maximum absolute atomic E-state index is 11.5. The maximum Gasteiger partial charge on any atom is 0.315 e. The highest BCUT2D eigenvalue weighted by molar-refractivity contribution is 5.83. The highest BCUT2D eigenvalue weighted by Gasteiger charge is 2.75. The molecule has 3 fully saturated rings. The van der Waals surface area contributed by atoms with Crippen LogP contribution in [-0.2, 0) is 9.53 Å². The van der Waals surface area contributed by atoms with Crippen molar-refractivity contribution in [2.24, 2.45) is 16.7 Å². The first kappa shape index (κ1) is 7.80. The van der Waals surface area contributed by atoms with Gasteiger partial charge in [0.15, 0.2) is 0 Å². The first-order valence-electron chi connectivity index (χ1n) is 5.00. The van der Waals surface area contributed by atoms with Crippen LogP contribution in [0.4, 0.5) is 0 Å². The number of hydrogen-bond acceptors (Lipinski definition) is 3. The van der Waals surface area contributed by atoms with Crippen molar-refractivity contribution >= 4 is 5.97 Å². The fourth-order valence-electron chi connectivity index (χ4n) is 2.94. The SMILES string of the molecule is C[C@]1(C2CC2)[C@H](O)OC(=O)C12CC2. The second-order valence-electron chi connectivity index (χ2n) is 4.90. The van der Waals surface area contributed by atoms with E-state index in [9.17, 15) is 9.90 Å². The molecule has 0 amide bonds. The Hall–Kier alpha value is -0.570. The number of aliphatic hydroxyl groups is 1. The zero-order chi connectivity index (χ0) is 9.27. The van der Waals surface area contributed by atoms with Gasteiger partial charge in [0.1, 0.15) is 0 Å². The van der Waals surface area contributed by atoms with Crippen LogP contribution in [0.2, 0.25) is 0 Å². The zero-order valence-electron chi connectivity index (χ0n) is 7.75. The molecule has 0 aromatic rings. The zero-order valence-corrected chi connectivity index (χ0v) is 7.75. The smallest absolute Gasteiger partial charge is 0.315 e. The van der Waals surface area contributed by atoms with Gasteiger partial charge in [-0.15, -0.1) is 0 Å². The standard InChI is InChI=1S/C10H14O3/c1-9(6-2-3-6)7(11)13-8(12)10(9)4-5-10/h6-7,11H,2-5H2,1H3/t7-,9+/m1/s1. The summed E-state index contributed by atoms with van der Waals surface area (Å²) in [6, 6.07) is 0. The number of ether oxygens (including phenoxy) is 1. The van der Waals surface area contributed by atoms with Crippen LogP contribution in [0.15, 0.2) is 0 Å². The quantitative estimate of drug-likeness (QED) is 0.617. The first-order chi connectivity index (χ1) is 6.11. The second kappa shape index (κ2) is 1.92. The van der Waals surface area contributed by atoms with Crippen molar-refractivity contribution in [3.8, 4) is 0 Å². The van der Waals surface area contributed by atoms with E-state index in [1.54, 1.807) is 0 Å². The molecule has 3 rings (SSSR count). The Morgan fingerprint density at radius 3 is 2.54 bits per heavy atom. The van der Waals surface area contributed by atoms with Crippen LogP contribution in [0.3, 0.4) is 0 Å². The highest BCUT2D eigenvalue weighted by Crippen LogP contribution is 2.71. The molecule has 0 unspecified atom stereocenters. The molecule has 2 atom stereocenters. The molecule has 0 bridgehead atoms. The first-order valence-corrected chi connectivity index (χ1v) is 5.00. The number of aliphatic hydroxyl groups excluding tert-OH is 1. The van der Waals surface area contributed by atoms with E-state index in [1.807, 2.05) is 6.92 Å². The Bertz CT molecular complexity index is 278. The van der Waals surface area contributed by atoms with E-state index in [0.717, 1.165) is 25.7 Å². The molecule has 2 aliphatic carbocycles. The summed E-state index contributed by atoms with van der Waals surface area (Å²) in [4.78, 5) is 11.5. The summed E-state index contributed by atoms with van der Waals surface area (Å²) >= 11 is 0. The summed E-state index contributed by atoms with van der Waals surface area (Å²) in [5.41, 5.74) is -0.572. The van der Waals surface area contributed by atoms with Gasteiger partial charge in [-0.3, -0.25) is 4.79 Å². The molecule has 1 aliphatic heterocycles. The molecule has 3 nitrogen and oxygen atoms in total. The van der Waals surface area contributed by atoms with Gasteiger partial charge in [0.25, 0.3) is 0 Å². The van der Waals surface area contributed by atoms with Gasteiger partial charge in [0.2, 0.25) is 6.29 Å². The largest absolute Gasteiger partial charge is 0.435 e. The minimum Gasteiger partial charge on any atom is -0.435 e. The van der Waals surface area contributed by atoms with E-state index in [-0.39, 0.29) is 16.8 Å². The van der Waals surface area contributed by atoms with E-state index in [0.29, 0.717) is 5.92 Å². The van der Waals surface area contributed by atoms with E-state index in [1.165, 1.54) is 0 Å². The van der Waals surface area contributed by atoms with Crippen LogP contribution >= 0.6 is 0 Å². The third-order valence-electron chi connectivity index (χ3n) is 4.33. The molecule has 1 heterocycles. The van der Waals surface area contributed by atoms with Gasteiger partial charge >= 0.3 is 5.97 Å². The molecule has 1 saturated heterocycles. The van der Waals surface area contributed by atoms with Gasteiger partial charge in [0, 0.05) is 5.41 Å². The van der Waals surface area contributed by atoms with Gasteiger partial charge in [-0.05, 0) is 31.6 Å². The minimum absolute atomic E-state index is 0.158. The van der Waals surface area contributed by atoms with Crippen molar-refractivity contribution in [2.75, 3.05) is 0 Å². The van der Waals surface area contributed by atoms with Crippen molar-refractivity contribution in [3.05, 3.63) is 0 Å². The fraction of sp³-hybridized carbons (Fsp3) is 0.900. The number of cyclic esters (lactones) is 1. The Kier molecular flexibility index (Phi) is 1.15. The highest BCUT2D eigenvalue weighted by atomic mass is 16.6. The van der Waals surface area contributed by atoms with E-state index in [2.05, 4.69) is 0 Å². The van der Waals surface area contributed by atoms with Crippen molar-refractivity contribution in [1.29, 1.82) is 0 Å². The Balaban J connectivity index is 2.04. The van der Waals surface area contributed by atoms with Crippen molar-refractivity contribution in [3.63, 3.8) is 0 Å². The van der Waals surface area contributed by atoms with Crippen molar-refractivity contribution in [1.82, 2.24) is 0 Å². The summed E-state index contributed by atoms with van der Waals surface area (Å²) in [6.07, 6.45) is 3.26. The average molecular weight is 182 g/mol. The van der Waals surface area contributed by atoms with Crippen LogP contribution < -0.4 is 0 Å². The third-order valence-corrected chi connectivity index (χ3v) is 4.33. The molecule has 1 spiro atoms. The summed E-state index contributed by atoms with van der Waals surface area (Å²) < 4.78 is 4.97. The summed E-state index contributed by atoms with van der Waals surface area (Å²) in [6.45, 7) is 2.02. The van der Waals surface area contributed by atoms with Crippen LogP contribution in [0, 0.1) is 16.7 Å². The predicted octanol–water partition coefficient (Wildman–Crippen LogP) is 1.06. The number of carbonyl (C=O) groups excluding carboxylic acids is 1. The second-order valence-corrected chi connectivity index (χ2v) is 4.90. The Labute approximate surface area is 77.1 Å². The fourth-order valence-corrected chi connectivity index (χ4v) is 2.94. The maximum atomic E-state index is 11.5. The molecule has 3 aliphatic rings. The molecular formula is C10H14O3. The van der Waals surface area contributed by atoms with Gasteiger partial charge in [-0.1, -0.05) is 6.92 Å². The molecule has 3 heteroatoms. The molecule has 0 aromatic heterocycles. The van der Waals surface area contributed by atoms with Gasteiger partial charge in [-0.2, -0.15) is 0 Å². The lowest BCUT2D eigenvalue weighted by atomic mass is 9.71. The summed E-state index contributed by atoms with van der Waals surface area (Å²) in [5.74, 6) is 0.353. The normalized spacial score (nSPS) is 46.6. The van der Waals surface area contributed by atoms with Crippen LogP contribution in [0.1, 0.15) is 32.6 Å². The lowest BCUT2D eigenvalue weighted by Crippen LogP contribution is -2.37. The monoisotopic (exact) mass is 182 g/mol. The van der Waals surface area contributed by atoms with Crippen molar-refractivity contribution < 1.29 is 14.6 Å². The molecule has 72 valence electrons. The molecule has 0 aromatic carbocycles. The third kappa shape index (κ3) is 0.688. The number of carbonyl (C=O) groups is 1. The molecular weight excluding hydrogens is 168 g/mol. The lowest BCUT2D eigenvalue weighted by molar-refractivity contribution is -0.161. The van der Waals surface area contributed by atoms with Gasteiger partial charge in [-0.25, -0.2) is 0 Å². The number of rotatable bonds is 1. The van der Waals surface area contributed by atoms with Crippen LogP contribution in [0.5, 0.6) is 0 Å². The number of hydrogen-bond donors (Lipinski definition) is 1. The molecule has 2 saturated carbocycles. The average Bonchev–Trinajstić information content (AvgIpc) is 2.94. The molecule has 0 radical (unpaired) electrons. The topological polar surface area (TPSA) is 46.5 Å². The van der Waals surface area contributed by atoms with E-state index >= 15 is 0 Å². The number of esters is 1. The minimum atomic E-state index is -0.852.